The van der Waals surface area contributed by atoms with Gasteiger partial charge < -0.3 is 69.7 Å². The summed E-state index contributed by atoms with van der Waals surface area (Å²) in [6.45, 7) is -1.37. The first-order chi connectivity index (χ1) is 20.0. The van der Waals surface area contributed by atoms with E-state index in [1.165, 1.54) is 24.3 Å². The Morgan fingerprint density at radius 3 is 1.95 bits per heavy atom. The van der Waals surface area contributed by atoms with Crippen LogP contribution in [0.1, 0.15) is 11.7 Å². The number of hydrogen-bond donors (Lipinski definition) is 10. The Labute approximate surface area is 236 Å². The molecule has 15 heteroatoms. The van der Waals surface area contributed by atoms with Crippen LogP contribution < -0.4 is 10.2 Å². The summed E-state index contributed by atoms with van der Waals surface area (Å²) in [6, 6.07) is 7.88. The van der Waals surface area contributed by atoms with Gasteiger partial charge in [0.2, 0.25) is 6.29 Å². The van der Waals surface area contributed by atoms with E-state index < -0.39 is 96.9 Å². The van der Waals surface area contributed by atoms with Crippen LogP contribution in [0.15, 0.2) is 45.6 Å². The maximum absolute atomic E-state index is 13.1. The lowest BCUT2D eigenvalue weighted by Gasteiger charge is -2.40. The van der Waals surface area contributed by atoms with Crippen molar-refractivity contribution in [3.05, 3.63) is 52.2 Å². The zero-order chi connectivity index (χ0) is 30.5. The average Bonchev–Trinajstić information content (AvgIpc) is 2.97. The van der Waals surface area contributed by atoms with Gasteiger partial charge >= 0.3 is 0 Å². The number of benzene rings is 2. The minimum absolute atomic E-state index is 0.0197. The maximum Gasteiger partial charge on any atom is 0.229 e. The van der Waals surface area contributed by atoms with Crippen LogP contribution in [0.25, 0.3) is 22.3 Å². The molecule has 2 aliphatic heterocycles. The molecule has 2 fully saturated rings. The fourth-order valence-corrected chi connectivity index (χ4v) is 5.06. The molecule has 3 heterocycles. The molecule has 2 aliphatic rings. The molecule has 3 aromatic rings. The molecule has 0 unspecified atom stereocenters. The van der Waals surface area contributed by atoms with E-state index in [1.54, 1.807) is 0 Å². The maximum atomic E-state index is 13.1. The van der Waals surface area contributed by atoms with E-state index in [9.17, 15) is 55.9 Å². The van der Waals surface area contributed by atoms with Gasteiger partial charge in [-0.2, -0.15) is 0 Å². The molecule has 0 radical (unpaired) electrons. The summed E-state index contributed by atoms with van der Waals surface area (Å²) in [5, 5.41) is 101. The van der Waals surface area contributed by atoms with Crippen molar-refractivity contribution in [1.82, 2.24) is 0 Å². The van der Waals surface area contributed by atoms with Crippen molar-refractivity contribution in [2.75, 3.05) is 13.2 Å². The first-order valence-electron chi connectivity index (χ1n) is 12.9. The molecule has 0 spiro atoms. The van der Waals surface area contributed by atoms with E-state index in [0.29, 0.717) is 5.56 Å². The highest BCUT2D eigenvalue weighted by atomic mass is 16.7. The van der Waals surface area contributed by atoms with Crippen molar-refractivity contribution in [3.8, 4) is 28.6 Å². The van der Waals surface area contributed by atoms with Crippen LogP contribution >= 0.6 is 0 Å². The van der Waals surface area contributed by atoms with Gasteiger partial charge in [0.05, 0.1) is 18.8 Å². The summed E-state index contributed by atoms with van der Waals surface area (Å²) in [6.07, 6.45) is -15.6. The Morgan fingerprint density at radius 2 is 1.33 bits per heavy atom. The monoisotopic (exact) mass is 594 g/mol. The van der Waals surface area contributed by atoms with Gasteiger partial charge in [-0.25, -0.2) is 0 Å². The summed E-state index contributed by atoms with van der Waals surface area (Å²) < 4.78 is 22.0. The van der Waals surface area contributed by atoms with Gasteiger partial charge in [0.25, 0.3) is 0 Å². The lowest BCUT2D eigenvalue weighted by Crippen LogP contribution is -2.60. The van der Waals surface area contributed by atoms with Gasteiger partial charge in [-0.3, -0.25) is 4.79 Å². The predicted molar refractivity (Wildman–Crippen MR) is 138 cm³/mol. The van der Waals surface area contributed by atoms with Gasteiger partial charge in [0.1, 0.15) is 88.9 Å². The zero-order valence-electron chi connectivity index (χ0n) is 21.7. The van der Waals surface area contributed by atoms with E-state index in [0.717, 1.165) is 12.1 Å². The Balaban J connectivity index is 1.43. The van der Waals surface area contributed by atoms with Crippen molar-refractivity contribution in [1.29, 1.82) is 0 Å². The number of aliphatic hydroxyl groups is 8. The molecule has 42 heavy (non-hydrogen) atoms. The number of phenols is 2. The van der Waals surface area contributed by atoms with Crippen LogP contribution in [0.4, 0.5) is 0 Å². The van der Waals surface area contributed by atoms with E-state index in [4.69, 9.17) is 18.6 Å². The molecule has 0 bridgehead atoms. The summed E-state index contributed by atoms with van der Waals surface area (Å²) in [5.41, 5.74) is -1.07. The van der Waals surface area contributed by atoms with Crippen molar-refractivity contribution in [2.24, 2.45) is 0 Å². The molecular weight excluding hydrogens is 564 g/mol. The number of aromatic hydroxyl groups is 2. The summed E-state index contributed by atoms with van der Waals surface area (Å²) in [5.74, 6) is -1.28. The molecular formula is C27H30O15. The lowest BCUT2D eigenvalue weighted by atomic mass is 9.89. The van der Waals surface area contributed by atoms with Crippen molar-refractivity contribution >= 4 is 11.0 Å². The van der Waals surface area contributed by atoms with Crippen LogP contribution in [0.3, 0.4) is 0 Å². The number of hydrogen-bond acceptors (Lipinski definition) is 15. The highest BCUT2D eigenvalue weighted by Crippen LogP contribution is 2.44. The quantitative estimate of drug-likeness (QED) is 0.142. The van der Waals surface area contributed by atoms with Gasteiger partial charge in [-0.05, 0) is 24.3 Å². The van der Waals surface area contributed by atoms with Gasteiger partial charge in [-0.1, -0.05) is 0 Å². The number of aliphatic hydroxyl groups excluding tert-OH is 8. The molecule has 1 aromatic heterocycles. The highest BCUT2D eigenvalue weighted by molar-refractivity contribution is 5.88. The number of rotatable bonds is 6. The molecule has 2 saturated heterocycles. The number of phenolic OH excluding ortho intramolecular Hbond substituents is 2. The van der Waals surface area contributed by atoms with E-state index in [-0.39, 0.29) is 22.5 Å². The fraction of sp³-hybridized carbons (Fsp3) is 0.444. The van der Waals surface area contributed by atoms with Gasteiger partial charge in [0, 0.05) is 17.7 Å². The Bertz CT molecular complexity index is 1470. The topological polar surface area (TPSA) is 260 Å². The standard InChI is InChI=1S/C27H30O15/c28-7-15-19(32)22(35)24(37)26(41-15)18-12(31)6-14-17(21(18)34)11(30)5-13(40-14)9-1-3-10(4-2-9)39-27-25(38)23(36)20(33)16(8-29)42-27/h1-6,15-16,19-20,22-29,31-38H,7-8H2/t15-,16-,19-,20-,22+,23+,24-,25-,26+,27-/m0/s1. The van der Waals surface area contributed by atoms with Crippen LogP contribution in [0, 0.1) is 0 Å². The first kappa shape index (κ1) is 30.1. The van der Waals surface area contributed by atoms with E-state index in [2.05, 4.69) is 0 Å². The molecule has 0 amide bonds. The molecule has 15 nitrogen and oxygen atoms in total. The molecule has 5 rings (SSSR count). The zero-order valence-corrected chi connectivity index (χ0v) is 21.7. The summed E-state index contributed by atoms with van der Waals surface area (Å²) >= 11 is 0. The van der Waals surface area contributed by atoms with Crippen LogP contribution in [0.5, 0.6) is 17.2 Å². The van der Waals surface area contributed by atoms with Crippen molar-refractivity contribution < 1.29 is 69.7 Å². The smallest absolute Gasteiger partial charge is 0.229 e. The largest absolute Gasteiger partial charge is 0.507 e. The van der Waals surface area contributed by atoms with Crippen molar-refractivity contribution in [2.45, 2.75) is 61.2 Å². The average molecular weight is 595 g/mol. The number of fused-ring (bicyclic) bond motifs is 1. The molecule has 2 aromatic carbocycles. The SMILES string of the molecule is O=c1cc(-c2ccc(O[C@H]3O[C@@H](CO)[C@H](O)[C@@H](O)[C@@H]3O)cc2)oc2cc(O)c([C@H]3O[C@@H](CO)[C@H](O)[C@@H](O)[C@@H]3O)c(O)c12. The minimum atomic E-state index is -1.83. The highest BCUT2D eigenvalue weighted by Gasteiger charge is 2.46. The molecule has 0 saturated carbocycles. The number of ether oxygens (including phenoxy) is 3. The third-order valence-electron chi connectivity index (χ3n) is 7.43. The van der Waals surface area contributed by atoms with E-state index in [1.807, 2.05) is 0 Å². The molecule has 0 aliphatic carbocycles. The summed E-state index contributed by atoms with van der Waals surface area (Å²) in [4.78, 5) is 13.1. The van der Waals surface area contributed by atoms with E-state index >= 15 is 0 Å². The van der Waals surface area contributed by atoms with Crippen LogP contribution in [0.2, 0.25) is 0 Å². The second-order valence-electron chi connectivity index (χ2n) is 10.1. The summed E-state index contributed by atoms with van der Waals surface area (Å²) in [7, 11) is 0. The van der Waals surface area contributed by atoms with Crippen LogP contribution in [-0.2, 0) is 9.47 Å². The third kappa shape index (κ3) is 5.20. The first-order valence-corrected chi connectivity index (χ1v) is 12.9. The third-order valence-corrected chi connectivity index (χ3v) is 7.43. The second-order valence-corrected chi connectivity index (χ2v) is 10.1. The van der Waals surface area contributed by atoms with Crippen LogP contribution in [-0.4, -0.2) is 119 Å². The molecule has 10 N–H and O–H groups in total. The molecule has 228 valence electrons. The predicted octanol–water partition coefficient (Wildman–Crippen LogP) is -2.44. The Hall–Kier alpha value is -3.35. The van der Waals surface area contributed by atoms with Crippen molar-refractivity contribution in [3.63, 3.8) is 0 Å². The Morgan fingerprint density at radius 1 is 0.738 bits per heavy atom. The minimum Gasteiger partial charge on any atom is -0.507 e. The normalized spacial score (nSPS) is 33.5. The lowest BCUT2D eigenvalue weighted by molar-refractivity contribution is -0.277. The second kappa shape index (κ2) is 11.7. The Kier molecular flexibility index (Phi) is 8.41. The van der Waals surface area contributed by atoms with Gasteiger partial charge in [0.15, 0.2) is 5.43 Å². The van der Waals surface area contributed by atoms with Gasteiger partial charge in [-0.15, -0.1) is 0 Å². The molecule has 10 atom stereocenters. The fourth-order valence-electron chi connectivity index (χ4n) is 5.06.